The molecule has 2 aromatic rings. The molecule has 0 radical (unpaired) electrons. The molecular formula is C15H16Br2N2. The van der Waals surface area contributed by atoms with Gasteiger partial charge in [-0.05, 0) is 48.2 Å². The van der Waals surface area contributed by atoms with E-state index in [1.165, 1.54) is 11.1 Å². The van der Waals surface area contributed by atoms with E-state index in [1.807, 2.05) is 12.1 Å². The highest BCUT2D eigenvalue weighted by molar-refractivity contribution is 9.11. The van der Waals surface area contributed by atoms with Crippen molar-refractivity contribution in [2.75, 3.05) is 0 Å². The van der Waals surface area contributed by atoms with Crippen LogP contribution in [0.5, 0.6) is 0 Å². The Morgan fingerprint density at radius 3 is 2.32 bits per heavy atom. The predicted octanol–water partition coefficient (Wildman–Crippen LogP) is 4.38. The second kappa shape index (κ2) is 6.18. The number of aryl methyl sites for hydroxylation is 2. The Morgan fingerprint density at radius 1 is 1.00 bits per heavy atom. The average Bonchev–Trinajstić information content (AvgIpc) is 2.37. The first kappa shape index (κ1) is 14.7. The van der Waals surface area contributed by atoms with Crippen molar-refractivity contribution in [3.63, 3.8) is 0 Å². The van der Waals surface area contributed by atoms with Gasteiger partial charge >= 0.3 is 0 Å². The van der Waals surface area contributed by atoms with E-state index in [2.05, 4.69) is 75.4 Å². The van der Waals surface area contributed by atoms with E-state index < -0.39 is 0 Å². The van der Waals surface area contributed by atoms with Gasteiger partial charge in [0.2, 0.25) is 0 Å². The fraction of sp³-hybridized carbons (Fsp3) is 0.200. The third kappa shape index (κ3) is 3.26. The van der Waals surface area contributed by atoms with Crippen LogP contribution >= 0.6 is 31.9 Å². The van der Waals surface area contributed by atoms with Crippen molar-refractivity contribution in [3.05, 3.63) is 67.6 Å². The maximum Gasteiger partial charge on any atom is 0.0721 e. The largest absolute Gasteiger partial charge is 0.271 e. The highest BCUT2D eigenvalue weighted by atomic mass is 79.9. The van der Waals surface area contributed by atoms with Crippen LogP contribution in [-0.4, -0.2) is 0 Å². The molecule has 2 aromatic carbocycles. The van der Waals surface area contributed by atoms with Gasteiger partial charge in [0.1, 0.15) is 0 Å². The number of nitrogens with one attached hydrogen (secondary N) is 1. The van der Waals surface area contributed by atoms with E-state index in [4.69, 9.17) is 5.84 Å². The summed E-state index contributed by atoms with van der Waals surface area (Å²) in [6.45, 7) is 4.22. The minimum absolute atomic E-state index is 0.0261. The quantitative estimate of drug-likeness (QED) is 0.609. The fourth-order valence-electron chi connectivity index (χ4n) is 2.05. The summed E-state index contributed by atoms with van der Waals surface area (Å²) < 4.78 is 2.07. The van der Waals surface area contributed by atoms with Gasteiger partial charge in [0.15, 0.2) is 0 Å². The van der Waals surface area contributed by atoms with Crippen LogP contribution in [0.25, 0.3) is 0 Å². The molecule has 19 heavy (non-hydrogen) atoms. The van der Waals surface area contributed by atoms with Crippen LogP contribution < -0.4 is 11.3 Å². The number of benzene rings is 2. The molecule has 0 amide bonds. The highest BCUT2D eigenvalue weighted by Gasteiger charge is 2.16. The minimum Gasteiger partial charge on any atom is -0.271 e. The molecule has 0 aliphatic rings. The third-order valence-electron chi connectivity index (χ3n) is 3.30. The summed E-state index contributed by atoms with van der Waals surface area (Å²) in [6, 6.07) is 12.5. The Labute approximate surface area is 130 Å². The van der Waals surface area contributed by atoms with E-state index >= 15 is 0 Å². The molecule has 0 fully saturated rings. The van der Waals surface area contributed by atoms with Crippen molar-refractivity contribution in [1.82, 2.24) is 5.43 Å². The molecule has 1 atom stereocenters. The number of hydrogen-bond acceptors (Lipinski definition) is 2. The Bertz CT molecular complexity index is 597. The van der Waals surface area contributed by atoms with Crippen LogP contribution in [0, 0.1) is 13.8 Å². The standard InChI is InChI=1S/C15H16Br2N2/c1-9-3-4-11(7-10(9)2)15(19-18)13-6-5-12(16)8-14(13)17/h3-8,15,19H,18H2,1-2H3. The molecule has 3 N–H and O–H groups in total. The smallest absolute Gasteiger partial charge is 0.0721 e. The second-order valence-corrected chi connectivity index (χ2v) is 6.38. The summed E-state index contributed by atoms with van der Waals surface area (Å²) in [6.07, 6.45) is 0. The second-order valence-electron chi connectivity index (χ2n) is 4.61. The van der Waals surface area contributed by atoms with Gasteiger partial charge in [-0.3, -0.25) is 5.84 Å². The molecule has 1 unspecified atom stereocenters. The number of hydrogen-bond donors (Lipinski definition) is 2. The summed E-state index contributed by atoms with van der Waals surface area (Å²) >= 11 is 7.06. The summed E-state index contributed by atoms with van der Waals surface area (Å²) in [4.78, 5) is 0. The Hall–Kier alpha value is -0.680. The normalized spacial score (nSPS) is 12.5. The van der Waals surface area contributed by atoms with E-state index in [0.717, 1.165) is 20.1 Å². The molecule has 0 bridgehead atoms. The van der Waals surface area contributed by atoms with Gasteiger partial charge in [-0.15, -0.1) is 0 Å². The van der Waals surface area contributed by atoms with Crippen LogP contribution in [0.3, 0.4) is 0 Å². The lowest BCUT2D eigenvalue weighted by Gasteiger charge is -2.19. The van der Waals surface area contributed by atoms with Crippen LogP contribution in [0.1, 0.15) is 28.3 Å². The van der Waals surface area contributed by atoms with Gasteiger partial charge in [0.25, 0.3) is 0 Å². The van der Waals surface area contributed by atoms with Gasteiger partial charge in [-0.25, -0.2) is 5.43 Å². The molecule has 0 saturated carbocycles. The summed E-state index contributed by atoms with van der Waals surface area (Å²) in [5, 5.41) is 0. The Morgan fingerprint density at radius 2 is 1.74 bits per heavy atom. The van der Waals surface area contributed by atoms with Crippen molar-refractivity contribution in [2.24, 2.45) is 5.84 Å². The zero-order valence-electron chi connectivity index (χ0n) is 10.9. The summed E-state index contributed by atoms with van der Waals surface area (Å²) in [7, 11) is 0. The van der Waals surface area contributed by atoms with Crippen molar-refractivity contribution in [2.45, 2.75) is 19.9 Å². The van der Waals surface area contributed by atoms with Crippen LogP contribution in [0.4, 0.5) is 0 Å². The number of halogens is 2. The molecule has 0 aliphatic heterocycles. The molecule has 2 nitrogen and oxygen atoms in total. The minimum atomic E-state index is -0.0261. The molecule has 0 saturated heterocycles. The number of rotatable bonds is 3. The van der Waals surface area contributed by atoms with Crippen molar-refractivity contribution in [3.8, 4) is 0 Å². The lowest BCUT2D eigenvalue weighted by Crippen LogP contribution is -2.29. The molecule has 0 aliphatic carbocycles. The lowest BCUT2D eigenvalue weighted by atomic mass is 9.96. The third-order valence-corrected chi connectivity index (χ3v) is 4.48. The van der Waals surface area contributed by atoms with Crippen molar-refractivity contribution < 1.29 is 0 Å². The van der Waals surface area contributed by atoms with Crippen LogP contribution in [0.2, 0.25) is 0 Å². The topological polar surface area (TPSA) is 38.0 Å². The van der Waals surface area contributed by atoms with Gasteiger partial charge in [-0.1, -0.05) is 56.1 Å². The SMILES string of the molecule is Cc1ccc(C(NN)c2ccc(Br)cc2Br)cc1C. The monoisotopic (exact) mass is 382 g/mol. The summed E-state index contributed by atoms with van der Waals surface area (Å²) in [5.41, 5.74) is 7.73. The van der Waals surface area contributed by atoms with Crippen molar-refractivity contribution in [1.29, 1.82) is 0 Å². The number of nitrogens with two attached hydrogens (primary N) is 1. The van der Waals surface area contributed by atoms with Crippen LogP contribution in [-0.2, 0) is 0 Å². The predicted molar refractivity (Wildman–Crippen MR) is 86.9 cm³/mol. The zero-order valence-corrected chi connectivity index (χ0v) is 14.0. The van der Waals surface area contributed by atoms with Gasteiger partial charge in [0.05, 0.1) is 6.04 Å². The fourth-order valence-corrected chi connectivity index (χ4v) is 3.32. The van der Waals surface area contributed by atoms with Crippen molar-refractivity contribution >= 4 is 31.9 Å². The van der Waals surface area contributed by atoms with Gasteiger partial charge < -0.3 is 0 Å². The molecule has 0 spiro atoms. The number of hydrazine groups is 1. The molecule has 0 heterocycles. The average molecular weight is 384 g/mol. The Kier molecular flexibility index (Phi) is 4.79. The highest BCUT2D eigenvalue weighted by Crippen LogP contribution is 2.31. The van der Waals surface area contributed by atoms with Crippen LogP contribution in [0.15, 0.2) is 45.3 Å². The molecule has 100 valence electrons. The van der Waals surface area contributed by atoms with E-state index in [9.17, 15) is 0 Å². The molecular weight excluding hydrogens is 368 g/mol. The molecule has 4 heteroatoms. The maximum absolute atomic E-state index is 5.75. The first-order chi connectivity index (χ1) is 9.02. The van der Waals surface area contributed by atoms with Gasteiger partial charge in [0, 0.05) is 8.95 Å². The summed E-state index contributed by atoms with van der Waals surface area (Å²) in [5.74, 6) is 5.75. The first-order valence-corrected chi connectivity index (χ1v) is 7.59. The Balaban J connectivity index is 2.46. The zero-order chi connectivity index (χ0) is 14.0. The lowest BCUT2D eigenvalue weighted by molar-refractivity contribution is 0.634. The van der Waals surface area contributed by atoms with E-state index in [-0.39, 0.29) is 6.04 Å². The van der Waals surface area contributed by atoms with E-state index in [1.54, 1.807) is 0 Å². The van der Waals surface area contributed by atoms with Gasteiger partial charge in [-0.2, -0.15) is 0 Å². The van der Waals surface area contributed by atoms with E-state index in [0.29, 0.717) is 0 Å². The maximum atomic E-state index is 5.75. The molecule has 0 aromatic heterocycles. The first-order valence-electron chi connectivity index (χ1n) is 6.01. The molecule has 2 rings (SSSR count).